The van der Waals surface area contributed by atoms with Gasteiger partial charge in [0, 0.05) is 0 Å². The molecule has 1 N–H and O–H groups in total. The van der Waals surface area contributed by atoms with E-state index in [9.17, 15) is 0 Å². The SMILES string of the molecule is Cl.N#Cc1ccc2cc(C3CCNCC3)ccc2c1. The van der Waals surface area contributed by atoms with E-state index < -0.39 is 0 Å². The summed E-state index contributed by atoms with van der Waals surface area (Å²) < 4.78 is 0. The molecule has 0 aliphatic carbocycles. The molecule has 2 nitrogen and oxygen atoms in total. The van der Waals surface area contributed by atoms with Crippen molar-refractivity contribution >= 4 is 23.2 Å². The Kier molecular flexibility index (Phi) is 4.42. The van der Waals surface area contributed by atoms with Gasteiger partial charge in [0.25, 0.3) is 0 Å². The quantitative estimate of drug-likeness (QED) is 0.861. The van der Waals surface area contributed by atoms with Crippen LogP contribution in [-0.4, -0.2) is 13.1 Å². The molecule has 0 spiro atoms. The summed E-state index contributed by atoms with van der Waals surface area (Å²) in [6.07, 6.45) is 2.45. The number of hydrogen-bond acceptors (Lipinski definition) is 2. The number of nitrogens with one attached hydrogen (secondary N) is 1. The van der Waals surface area contributed by atoms with Crippen molar-refractivity contribution in [1.29, 1.82) is 5.26 Å². The van der Waals surface area contributed by atoms with E-state index in [1.54, 1.807) is 0 Å². The first-order valence-corrected chi connectivity index (χ1v) is 6.51. The lowest BCUT2D eigenvalue weighted by molar-refractivity contribution is 0.460. The van der Waals surface area contributed by atoms with E-state index in [0.717, 1.165) is 24.0 Å². The van der Waals surface area contributed by atoms with Crippen LogP contribution in [0, 0.1) is 11.3 Å². The third kappa shape index (κ3) is 2.89. The predicted octanol–water partition coefficient (Wildman–Crippen LogP) is 3.60. The fourth-order valence-corrected chi connectivity index (χ4v) is 2.74. The first kappa shape index (κ1) is 13.9. The molecule has 1 heterocycles. The van der Waals surface area contributed by atoms with Crippen LogP contribution in [0.2, 0.25) is 0 Å². The van der Waals surface area contributed by atoms with Crippen LogP contribution in [0.1, 0.15) is 29.9 Å². The maximum Gasteiger partial charge on any atom is 0.0991 e. The Labute approximate surface area is 119 Å². The molecule has 1 aliphatic heterocycles. The fourth-order valence-electron chi connectivity index (χ4n) is 2.74. The Morgan fingerprint density at radius 2 is 1.68 bits per heavy atom. The second kappa shape index (κ2) is 6.06. The lowest BCUT2D eigenvalue weighted by atomic mass is 9.89. The van der Waals surface area contributed by atoms with Gasteiger partial charge in [-0.05, 0) is 60.3 Å². The van der Waals surface area contributed by atoms with E-state index in [1.165, 1.54) is 23.8 Å². The van der Waals surface area contributed by atoms with Crippen LogP contribution in [0.25, 0.3) is 10.8 Å². The highest BCUT2D eigenvalue weighted by Gasteiger charge is 2.15. The van der Waals surface area contributed by atoms with Gasteiger partial charge >= 0.3 is 0 Å². The zero-order valence-corrected chi connectivity index (χ0v) is 11.5. The molecule has 1 saturated heterocycles. The summed E-state index contributed by atoms with van der Waals surface area (Å²) in [5.74, 6) is 0.686. The van der Waals surface area contributed by atoms with Gasteiger partial charge in [0.15, 0.2) is 0 Å². The average Bonchev–Trinajstić information content (AvgIpc) is 2.47. The zero-order chi connectivity index (χ0) is 12.4. The smallest absolute Gasteiger partial charge is 0.0991 e. The van der Waals surface area contributed by atoms with E-state index in [0.29, 0.717) is 5.92 Å². The Bertz CT molecular complexity index is 610. The standard InChI is InChI=1S/C16H16N2.ClH/c17-11-12-1-2-16-10-15(4-3-14(16)9-12)13-5-7-18-8-6-13;/h1-4,9-10,13,18H,5-8H2;1H. The molecule has 3 heteroatoms. The number of hydrogen-bond donors (Lipinski definition) is 1. The molecule has 1 fully saturated rings. The average molecular weight is 273 g/mol. The van der Waals surface area contributed by atoms with Crippen molar-refractivity contribution in [2.45, 2.75) is 18.8 Å². The molecule has 1 aliphatic rings. The summed E-state index contributed by atoms with van der Waals surface area (Å²) in [6.45, 7) is 2.24. The van der Waals surface area contributed by atoms with E-state index in [-0.39, 0.29) is 12.4 Å². The molecular weight excluding hydrogens is 256 g/mol. The van der Waals surface area contributed by atoms with Crippen molar-refractivity contribution < 1.29 is 0 Å². The van der Waals surface area contributed by atoms with E-state index in [2.05, 4.69) is 35.7 Å². The van der Waals surface area contributed by atoms with Crippen molar-refractivity contribution in [2.75, 3.05) is 13.1 Å². The van der Waals surface area contributed by atoms with Gasteiger partial charge in [0.2, 0.25) is 0 Å². The molecular formula is C16H17ClN2. The van der Waals surface area contributed by atoms with E-state index >= 15 is 0 Å². The van der Waals surface area contributed by atoms with Crippen molar-refractivity contribution in [3.63, 3.8) is 0 Å². The number of benzene rings is 2. The molecule has 0 unspecified atom stereocenters. The van der Waals surface area contributed by atoms with Crippen molar-refractivity contribution in [3.05, 3.63) is 47.5 Å². The summed E-state index contributed by atoms with van der Waals surface area (Å²) in [5, 5.41) is 14.7. The van der Waals surface area contributed by atoms with Crippen LogP contribution in [0.15, 0.2) is 36.4 Å². The molecule has 2 aromatic rings. The summed E-state index contributed by atoms with van der Waals surface area (Å²) in [4.78, 5) is 0. The topological polar surface area (TPSA) is 35.8 Å². The largest absolute Gasteiger partial charge is 0.317 e. The van der Waals surface area contributed by atoms with Crippen molar-refractivity contribution in [2.24, 2.45) is 0 Å². The lowest BCUT2D eigenvalue weighted by Gasteiger charge is -2.23. The molecule has 3 rings (SSSR count). The molecule has 98 valence electrons. The summed E-state index contributed by atoms with van der Waals surface area (Å²) >= 11 is 0. The van der Waals surface area contributed by atoms with Crippen LogP contribution in [0.4, 0.5) is 0 Å². The second-order valence-corrected chi connectivity index (χ2v) is 4.96. The van der Waals surface area contributed by atoms with Gasteiger partial charge in [0.1, 0.15) is 0 Å². The minimum Gasteiger partial charge on any atom is -0.317 e. The third-order valence-corrected chi connectivity index (χ3v) is 3.80. The normalized spacial score (nSPS) is 15.7. The molecule has 0 radical (unpaired) electrons. The first-order chi connectivity index (χ1) is 8.86. The molecule has 0 bridgehead atoms. The fraction of sp³-hybridized carbons (Fsp3) is 0.312. The van der Waals surface area contributed by atoms with Gasteiger partial charge in [0.05, 0.1) is 11.6 Å². The van der Waals surface area contributed by atoms with Crippen LogP contribution < -0.4 is 5.32 Å². The van der Waals surface area contributed by atoms with Crippen LogP contribution in [-0.2, 0) is 0 Å². The molecule has 0 amide bonds. The minimum absolute atomic E-state index is 0. The van der Waals surface area contributed by atoms with Crippen LogP contribution >= 0.6 is 12.4 Å². The predicted molar refractivity (Wildman–Crippen MR) is 80.8 cm³/mol. The summed E-state index contributed by atoms with van der Waals surface area (Å²) in [5.41, 5.74) is 2.17. The van der Waals surface area contributed by atoms with Crippen molar-refractivity contribution in [1.82, 2.24) is 5.32 Å². The Hall–Kier alpha value is -1.56. The molecule has 0 saturated carbocycles. The minimum atomic E-state index is 0. The number of piperidine rings is 1. The maximum absolute atomic E-state index is 8.90. The first-order valence-electron chi connectivity index (χ1n) is 6.51. The van der Waals surface area contributed by atoms with Gasteiger partial charge < -0.3 is 5.32 Å². The highest BCUT2D eigenvalue weighted by molar-refractivity contribution is 5.85. The molecule has 0 atom stereocenters. The van der Waals surface area contributed by atoms with Crippen molar-refractivity contribution in [3.8, 4) is 6.07 Å². The zero-order valence-electron chi connectivity index (χ0n) is 10.7. The number of rotatable bonds is 1. The molecule has 2 aromatic carbocycles. The third-order valence-electron chi connectivity index (χ3n) is 3.80. The van der Waals surface area contributed by atoms with E-state index in [1.807, 2.05) is 12.1 Å². The number of halogens is 1. The monoisotopic (exact) mass is 272 g/mol. The number of fused-ring (bicyclic) bond motifs is 1. The Balaban J connectivity index is 0.00000133. The van der Waals surface area contributed by atoms with E-state index in [4.69, 9.17) is 5.26 Å². The Morgan fingerprint density at radius 3 is 2.42 bits per heavy atom. The van der Waals surface area contributed by atoms with Crippen LogP contribution in [0.5, 0.6) is 0 Å². The molecule has 0 aromatic heterocycles. The van der Waals surface area contributed by atoms with Gasteiger partial charge in [-0.3, -0.25) is 0 Å². The maximum atomic E-state index is 8.90. The van der Waals surface area contributed by atoms with Gasteiger partial charge in [-0.2, -0.15) is 5.26 Å². The highest BCUT2D eigenvalue weighted by Crippen LogP contribution is 2.28. The molecule has 19 heavy (non-hydrogen) atoms. The van der Waals surface area contributed by atoms with Gasteiger partial charge in [-0.1, -0.05) is 24.3 Å². The van der Waals surface area contributed by atoms with Gasteiger partial charge in [-0.25, -0.2) is 0 Å². The number of nitriles is 1. The van der Waals surface area contributed by atoms with Crippen LogP contribution in [0.3, 0.4) is 0 Å². The number of nitrogens with zero attached hydrogens (tertiary/aromatic N) is 1. The van der Waals surface area contributed by atoms with Gasteiger partial charge in [-0.15, -0.1) is 12.4 Å². The lowest BCUT2D eigenvalue weighted by Crippen LogP contribution is -2.26. The summed E-state index contributed by atoms with van der Waals surface area (Å²) in [6, 6.07) is 14.8. The summed E-state index contributed by atoms with van der Waals surface area (Å²) in [7, 11) is 0. The Morgan fingerprint density at radius 1 is 1.00 bits per heavy atom. The highest BCUT2D eigenvalue weighted by atomic mass is 35.5. The second-order valence-electron chi connectivity index (χ2n) is 4.96.